The highest BCUT2D eigenvalue weighted by molar-refractivity contribution is 7.21. The zero-order chi connectivity index (χ0) is 24.0. The Kier molecular flexibility index (Phi) is 5.45. The number of nitrogens with zero attached hydrogens (tertiary/aromatic N) is 6. The van der Waals surface area contributed by atoms with Crippen molar-refractivity contribution in [3.8, 4) is 10.4 Å². The minimum atomic E-state index is -0.286. The van der Waals surface area contributed by atoms with E-state index >= 15 is 0 Å². The molecule has 180 valence electrons. The van der Waals surface area contributed by atoms with Crippen molar-refractivity contribution < 1.29 is 12.4 Å². The van der Waals surface area contributed by atoms with Crippen LogP contribution in [0.4, 0.5) is 11.4 Å². The zero-order valence-corrected chi connectivity index (χ0v) is 20.3. The molecule has 34 heavy (non-hydrogen) atoms. The number of pyridine rings is 1. The molecule has 0 spiro atoms. The molecule has 0 aromatic carbocycles. The fourth-order valence-corrected chi connectivity index (χ4v) is 5.25. The number of carbonyl (C=O) groups excluding carboxylic acids is 2. The van der Waals surface area contributed by atoms with Gasteiger partial charge in [0.05, 0.1) is 52.6 Å². The monoisotopic (exact) mass is 482 g/mol. The smallest absolute Gasteiger partial charge is 0.260 e. The van der Waals surface area contributed by atoms with E-state index in [-0.39, 0.29) is 20.1 Å². The van der Waals surface area contributed by atoms with Crippen molar-refractivity contribution in [1.29, 1.82) is 0 Å². The number of aromatic nitrogens is 5. The second kappa shape index (κ2) is 8.33. The summed E-state index contributed by atoms with van der Waals surface area (Å²) in [6.07, 6.45) is 8.74. The maximum atomic E-state index is 13.1. The molecule has 4 aromatic heterocycles. The van der Waals surface area contributed by atoms with Crippen molar-refractivity contribution in [2.45, 2.75) is 20.8 Å². The summed E-state index contributed by atoms with van der Waals surface area (Å²) in [4.78, 5) is 33.7. The number of anilines is 2. The van der Waals surface area contributed by atoms with E-state index in [9.17, 15) is 9.59 Å². The number of carbonyl (C=O) groups is 2. The summed E-state index contributed by atoms with van der Waals surface area (Å²) in [6, 6.07) is 1.73. The zero-order valence-electron chi connectivity index (χ0n) is 19.5. The Morgan fingerprint density at radius 2 is 1.94 bits per heavy atom. The van der Waals surface area contributed by atoms with Crippen LogP contribution >= 0.6 is 11.3 Å². The fourth-order valence-electron chi connectivity index (χ4n) is 4.22. The second-order valence-corrected chi connectivity index (χ2v) is 10.5. The predicted octanol–water partition coefficient (Wildman–Crippen LogP) is 3.52. The molecule has 0 aliphatic carbocycles. The first-order valence-corrected chi connectivity index (χ1v) is 11.7. The average Bonchev–Trinajstić information content (AvgIpc) is 3.44. The summed E-state index contributed by atoms with van der Waals surface area (Å²) in [5.41, 5.74) is 3.44. The van der Waals surface area contributed by atoms with Crippen LogP contribution in [0.3, 0.4) is 0 Å². The van der Waals surface area contributed by atoms with Gasteiger partial charge in [0, 0.05) is 40.9 Å². The number of likely N-dealkylation sites (tertiary alicyclic amines) is 1. The molecule has 11 heteroatoms. The molecule has 1 aliphatic rings. The lowest BCUT2D eigenvalue weighted by atomic mass is 9.84. The first-order chi connectivity index (χ1) is 16.2. The Hall–Kier alpha value is -3.57. The van der Waals surface area contributed by atoms with Crippen LogP contribution in [-0.4, -0.2) is 60.7 Å². The van der Waals surface area contributed by atoms with Gasteiger partial charge in [-0.2, -0.15) is 10.2 Å². The Balaban J connectivity index is 0.00000180. The maximum absolute atomic E-state index is 13.1. The summed E-state index contributed by atoms with van der Waals surface area (Å²) in [5, 5.41) is 14.3. The number of nitrogens with one attached hydrogen (secondary N) is 2. The molecule has 1 aliphatic heterocycles. The molecule has 2 amide bonds. The summed E-state index contributed by atoms with van der Waals surface area (Å²) >= 11 is 1.47. The van der Waals surface area contributed by atoms with Gasteiger partial charge in [0.1, 0.15) is 4.83 Å². The van der Waals surface area contributed by atoms with E-state index in [0.717, 1.165) is 28.4 Å². The normalized spacial score (nSPS) is 15.3. The molecule has 10 nitrogen and oxygen atoms in total. The van der Waals surface area contributed by atoms with Crippen LogP contribution in [0.25, 0.3) is 15.3 Å². The number of amides is 2. The molecule has 0 saturated carbocycles. The van der Waals surface area contributed by atoms with Crippen molar-refractivity contribution >= 4 is 39.4 Å². The average molecular weight is 483 g/mol. The minimum absolute atomic E-state index is 0. The third-order valence-corrected chi connectivity index (χ3v) is 6.88. The molecule has 1 fully saturated rings. The molecular formula is C23H30N8O2S. The van der Waals surface area contributed by atoms with Gasteiger partial charge in [-0.05, 0) is 18.4 Å². The second-order valence-electron chi connectivity index (χ2n) is 9.47. The van der Waals surface area contributed by atoms with Crippen LogP contribution in [0.2, 0.25) is 0 Å². The van der Waals surface area contributed by atoms with Crippen LogP contribution in [0.15, 0.2) is 37.1 Å². The number of thiazole rings is 1. The lowest BCUT2D eigenvalue weighted by molar-refractivity contribution is -0.120. The van der Waals surface area contributed by atoms with E-state index in [2.05, 4.69) is 44.6 Å². The highest BCUT2D eigenvalue weighted by atomic mass is 32.1. The topological polar surface area (TPSA) is 109 Å². The van der Waals surface area contributed by atoms with Crippen LogP contribution in [0.1, 0.15) is 32.8 Å². The molecule has 2 N–H and O–H groups in total. The van der Waals surface area contributed by atoms with E-state index in [4.69, 9.17) is 0 Å². The molecule has 0 unspecified atom stereocenters. The maximum Gasteiger partial charge on any atom is 0.260 e. The summed E-state index contributed by atoms with van der Waals surface area (Å²) in [6.45, 7) is 8.32. The van der Waals surface area contributed by atoms with Crippen LogP contribution in [0, 0.1) is 12.3 Å². The number of hydrogen-bond acceptors (Lipinski definition) is 7. The van der Waals surface area contributed by atoms with Gasteiger partial charge >= 0.3 is 0 Å². The van der Waals surface area contributed by atoms with Crippen molar-refractivity contribution in [1.82, 2.24) is 29.3 Å². The third-order valence-electron chi connectivity index (χ3n) is 5.72. The summed E-state index contributed by atoms with van der Waals surface area (Å²) in [5.74, 6) is -0.385. The lowest BCUT2D eigenvalue weighted by Crippen LogP contribution is -2.54. The molecule has 0 bridgehead atoms. The van der Waals surface area contributed by atoms with Crippen LogP contribution in [-0.2, 0) is 11.8 Å². The Morgan fingerprint density at radius 3 is 2.65 bits per heavy atom. The number of aryl methyl sites for hydroxylation is 2. The standard InChI is InChI=1S/C23H26N8O2S.2H2/c1-14-18(5-16(7-24-14)27-20(32)11-30-12-23(2,3)13-30)28-21(33)17-8-26-31-10-19(34-22(17)31)15-6-25-29(4)9-15;;/h5-10H,11-13H2,1-4H3,(H,27,32)(H,28,33);2*1H. The number of rotatable bonds is 6. The lowest BCUT2D eigenvalue weighted by Gasteiger charge is -2.45. The molecular weight excluding hydrogens is 452 g/mol. The molecule has 4 aromatic rings. The van der Waals surface area contributed by atoms with Crippen molar-refractivity contribution in [2.75, 3.05) is 30.3 Å². The number of hydrogen-bond donors (Lipinski definition) is 2. The van der Waals surface area contributed by atoms with Gasteiger partial charge in [-0.3, -0.25) is 24.2 Å². The highest BCUT2D eigenvalue weighted by Crippen LogP contribution is 2.31. The fraction of sp³-hybridized carbons (Fsp3) is 0.348. The van der Waals surface area contributed by atoms with E-state index in [1.807, 2.05) is 26.4 Å². The van der Waals surface area contributed by atoms with E-state index < -0.39 is 0 Å². The summed E-state index contributed by atoms with van der Waals surface area (Å²) in [7, 11) is 1.86. The van der Waals surface area contributed by atoms with Crippen LogP contribution in [0.5, 0.6) is 0 Å². The van der Waals surface area contributed by atoms with Crippen molar-refractivity contribution in [3.63, 3.8) is 0 Å². The summed E-state index contributed by atoms with van der Waals surface area (Å²) < 4.78 is 3.43. The molecule has 5 rings (SSSR count). The number of fused-ring (bicyclic) bond motifs is 1. The molecule has 5 heterocycles. The highest BCUT2D eigenvalue weighted by Gasteiger charge is 2.34. The Bertz CT molecular complexity index is 1400. The third kappa shape index (κ3) is 4.44. The van der Waals surface area contributed by atoms with Gasteiger partial charge in [0.25, 0.3) is 5.91 Å². The van der Waals surface area contributed by atoms with E-state index in [0.29, 0.717) is 29.2 Å². The first kappa shape index (κ1) is 22.2. The van der Waals surface area contributed by atoms with Gasteiger partial charge in [0.15, 0.2) is 0 Å². The van der Waals surface area contributed by atoms with E-state index in [1.54, 1.807) is 33.9 Å². The minimum Gasteiger partial charge on any atom is -0.324 e. The van der Waals surface area contributed by atoms with Gasteiger partial charge in [-0.25, -0.2) is 4.52 Å². The molecule has 1 saturated heterocycles. The van der Waals surface area contributed by atoms with Gasteiger partial charge in [-0.15, -0.1) is 11.3 Å². The predicted molar refractivity (Wildman–Crippen MR) is 135 cm³/mol. The van der Waals surface area contributed by atoms with Crippen molar-refractivity contribution in [2.24, 2.45) is 12.5 Å². The van der Waals surface area contributed by atoms with Crippen molar-refractivity contribution in [3.05, 3.63) is 48.3 Å². The van der Waals surface area contributed by atoms with E-state index in [1.165, 1.54) is 11.3 Å². The first-order valence-electron chi connectivity index (χ1n) is 10.9. The molecule has 0 atom stereocenters. The Labute approximate surface area is 203 Å². The van der Waals surface area contributed by atoms with Gasteiger partial charge in [-0.1, -0.05) is 13.8 Å². The molecule has 0 radical (unpaired) electrons. The Morgan fingerprint density at radius 1 is 1.15 bits per heavy atom. The van der Waals surface area contributed by atoms with Gasteiger partial charge in [0.2, 0.25) is 5.91 Å². The largest absolute Gasteiger partial charge is 0.324 e. The quantitative estimate of drug-likeness (QED) is 0.435. The SMILES string of the molecule is Cc1ncc(NC(=O)CN2CC(C)(C)C2)cc1NC(=O)c1cnn2cc(-c3cnn(C)c3)sc12.[HH].[HH]. The van der Waals surface area contributed by atoms with Gasteiger partial charge < -0.3 is 10.6 Å². The van der Waals surface area contributed by atoms with Crippen LogP contribution < -0.4 is 10.6 Å².